The molecular weight excluding hydrogens is 438 g/mol. The van der Waals surface area contributed by atoms with Crippen molar-refractivity contribution in [3.05, 3.63) is 52.5 Å². The fourth-order valence-electron chi connectivity index (χ4n) is 2.13. The van der Waals surface area contributed by atoms with E-state index in [1.54, 1.807) is 23.7 Å². The molecule has 0 aliphatic rings. The standard InChI is InChI=1S/C16H14BrN5O2S2/c1-9-19-20-16(26-2)22(9)21-15(25)18-14(23)13-8-7-12(24-13)10-3-5-11(17)6-4-10/h3-8H,1-2H3,(H2,18,21,23,25). The quantitative estimate of drug-likeness (QED) is 0.462. The second-order valence-corrected chi connectivity index (χ2v) is 7.23. The first-order chi connectivity index (χ1) is 12.5. The number of carbonyl (C=O) groups is 1. The Labute approximate surface area is 167 Å². The van der Waals surface area contributed by atoms with E-state index in [-0.39, 0.29) is 10.9 Å². The number of amides is 1. The molecule has 0 spiro atoms. The van der Waals surface area contributed by atoms with Crippen LogP contribution in [0.3, 0.4) is 0 Å². The minimum atomic E-state index is -0.442. The van der Waals surface area contributed by atoms with Crippen LogP contribution in [0.4, 0.5) is 0 Å². The highest BCUT2D eigenvalue weighted by Gasteiger charge is 2.15. The van der Waals surface area contributed by atoms with E-state index >= 15 is 0 Å². The van der Waals surface area contributed by atoms with Gasteiger partial charge in [0.1, 0.15) is 11.6 Å². The van der Waals surface area contributed by atoms with Crippen LogP contribution in [0.2, 0.25) is 0 Å². The molecule has 0 saturated heterocycles. The number of benzene rings is 1. The third kappa shape index (κ3) is 4.14. The number of thioether (sulfide) groups is 1. The third-order valence-corrected chi connectivity index (χ3v) is 4.73. The van der Waals surface area contributed by atoms with Crippen LogP contribution in [0.5, 0.6) is 0 Å². The molecule has 134 valence electrons. The molecule has 2 aromatic heterocycles. The van der Waals surface area contributed by atoms with Crippen LogP contribution in [-0.2, 0) is 0 Å². The number of hydrogen-bond acceptors (Lipinski definition) is 6. The molecule has 1 amide bonds. The first-order valence-electron chi connectivity index (χ1n) is 7.42. The Kier molecular flexibility index (Phi) is 5.74. The summed E-state index contributed by atoms with van der Waals surface area (Å²) in [6.07, 6.45) is 1.87. The van der Waals surface area contributed by atoms with Gasteiger partial charge in [0.2, 0.25) is 5.16 Å². The van der Waals surface area contributed by atoms with Crippen molar-refractivity contribution in [2.24, 2.45) is 0 Å². The molecular formula is C16H14BrN5O2S2. The second-order valence-electron chi connectivity index (χ2n) is 5.14. The second kappa shape index (κ2) is 8.02. The van der Waals surface area contributed by atoms with Gasteiger partial charge in [0.25, 0.3) is 5.91 Å². The number of rotatable bonds is 4. The van der Waals surface area contributed by atoms with Gasteiger partial charge in [-0.2, -0.15) is 0 Å². The molecule has 0 saturated carbocycles. The first-order valence-corrected chi connectivity index (χ1v) is 9.84. The zero-order chi connectivity index (χ0) is 18.7. The number of halogens is 1. The van der Waals surface area contributed by atoms with Crippen molar-refractivity contribution in [1.82, 2.24) is 20.2 Å². The van der Waals surface area contributed by atoms with E-state index in [0.29, 0.717) is 16.7 Å². The number of thiocarbonyl (C=S) groups is 1. The molecule has 10 heteroatoms. The highest BCUT2D eigenvalue weighted by molar-refractivity contribution is 9.10. The Bertz CT molecular complexity index is 952. The van der Waals surface area contributed by atoms with Crippen LogP contribution in [0.15, 0.2) is 50.4 Å². The number of nitrogens with one attached hydrogen (secondary N) is 2. The fraction of sp³-hybridized carbons (Fsp3) is 0.125. The van der Waals surface area contributed by atoms with Crippen LogP contribution in [0.1, 0.15) is 16.4 Å². The van der Waals surface area contributed by atoms with Gasteiger partial charge in [-0.15, -0.1) is 10.2 Å². The topological polar surface area (TPSA) is 85.0 Å². The highest BCUT2D eigenvalue weighted by atomic mass is 79.9. The number of aromatic nitrogens is 3. The van der Waals surface area contributed by atoms with E-state index in [1.807, 2.05) is 30.5 Å². The first kappa shape index (κ1) is 18.6. The molecule has 0 aliphatic carbocycles. The zero-order valence-electron chi connectivity index (χ0n) is 13.8. The SMILES string of the molecule is CSc1nnc(C)n1NC(=S)NC(=O)c1ccc(-c2ccc(Br)cc2)o1. The van der Waals surface area contributed by atoms with E-state index in [1.165, 1.54) is 11.8 Å². The van der Waals surface area contributed by atoms with Crippen LogP contribution in [-0.4, -0.2) is 32.1 Å². The van der Waals surface area contributed by atoms with E-state index < -0.39 is 5.91 Å². The van der Waals surface area contributed by atoms with E-state index in [0.717, 1.165) is 10.0 Å². The summed E-state index contributed by atoms with van der Waals surface area (Å²) in [6, 6.07) is 10.9. The number of hydrogen-bond donors (Lipinski definition) is 2. The number of carbonyl (C=O) groups excluding carboxylic acids is 1. The molecule has 1 aromatic carbocycles. The molecule has 0 atom stereocenters. The van der Waals surface area contributed by atoms with Crippen molar-refractivity contribution in [2.75, 3.05) is 11.7 Å². The molecule has 0 unspecified atom stereocenters. The Morgan fingerprint density at radius 3 is 2.65 bits per heavy atom. The largest absolute Gasteiger partial charge is 0.451 e. The van der Waals surface area contributed by atoms with E-state index in [9.17, 15) is 4.79 Å². The minimum absolute atomic E-state index is 0.120. The van der Waals surface area contributed by atoms with Crippen molar-refractivity contribution in [1.29, 1.82) is 0 Å². The molecule has 2 N–H and O–H groups in total. The molecule has 2 heterocycles. The monoisotopic (exact) mass is 451 g/mol. The molecule has 3 rings (SSSR count). The summed E-state index contributed by atoms with van der Waals surface area (Å²) in [5, 5.41) is 11.3. The van der Waals surface area contributed by atoms with Crippen LogP contribution in [0.25, 0.3) is 11.3 Å². The average Bonchev–Trinajstić information content (AvgIpc) is 3.23. The lowest BCUT2D eigenvalue weighted by Crippen LogP contribution is -2.38. The van der Waals surface area contributed by atoms with Gasteiger partial charge in [-0.25, -0.2) is 4.68 Å². The molecule has 0 bridgehead atoms. The Balaban J connectivity index is 1.67. The summed E-state index contributed by atoms with van der Waals surface area (Å²) in [7, 11) is 0. The number of nitrogens with zero attached hydrogens (tertiary/aromatic N) is 3. The van der Waals surface area contributed by atoms with Crippen molar-refractivity contribution in [3.63, 3.8) is 0 Å². The molecule has 0 radical (unpaired) electrons. The Hall–Kier alpha value is -2.17. The van der Waals surface area contributed by atoms with Crippen LogP contribution < -0.4 is 10.7 Å². The maximum Gasteiger partial charge on any atom is 0.293 e. The van der Waals surface area contributed by atoms with Crippen molar-refractivity contribution < 1.29 is 9.21 Å². The summed E-state index contributed by atoms with van der Waals surface area (Å²) < 4.78 is 8.19. The van der Waals surface area contributed by atoms with Crippen molar-refractivity contribution in [3.8, 4) is 11.3 Å². The van der Waals surface area contributed by atoms with Gasteiger partial charge in [-0.1, -0.05) is 39.8 Å². The molecule has 7 nitrogen and oxygen atoms in total. The van der Waals surface area contributed by atoms with Gasteiger partial charge < -0.3 is 4.42 Å². The van der Waals surface area contributed by atoms with Crippen molar-refractivity contribution >= 4 is 50.9 Å². The van der Waals surface area contributed by atoms with E-state index in [4.69, 9.17) is 16.6 Å². The predicted molar refractivity (Wildman–Crippen MR) is 108 cm³/mol. The summed E-state index contributed by atoms with van der Waals surface area (Å²) in [5.41, 5.74) is 3.75. The predicted octanol–water partition coefficient (Wildman–Crippen LogP) is 3.59. The van der Waals surface area contributed by atoms with Gasteiger partial charge in [-0.3, -0.25) is 15.5 Å². The molecule has 3 aromatic rings. The lowest BCUT2D eigenvalue weighted by atomic mass is 10.2. The van der Waals surface area contributed by atoms with E-state index in [2.05, 4.69) is 36.9 Å². The van der Waals surface area contributed by atoms with Crippen molar-refractivity contribution in [2.45, 2.75) is 12.1 Å². The summed E-state index contributed by atoms with van der Waals surface area (Å²) in [6.45, 7) is 1.78. The van der Waals surface area contributed by atoms with Crippen LogP contribution in [0, 0.1) is 6.92 Å². The highest BCUT2D eigenvalue weighted by Crippen LogP contribution is 2.24. The average molecular weight is 452 g/mol. The summed E-state index contributed by atoms with van der Waals surface area (Å²) in [5.74, 6) is 0.947. The lowest BCUT2D eigenvalue weighted by Gasteiger charge is -2.11. The third-order valence-electron chi connectivity index (χ3n) is 3.38. The number of aryl methyl sites for hydroxylation is 1. The minimum Gasteiger partial charge on any atom is -0.451 e. The van der Waals surface area contributed by atoms with Gasteiger partial charge in [0, 0.05) is 10.0 Å². The van der Waals surface area contributed by atoms with Gasteiger partial charge in [0.05, 0.1) is 0 Å². The zero-order valence-corrected chi connectivity index (χ0v) is 17.0. The van der Waals surface area contributed by atoms with Gasteiger partial charge >= 0.3 is 0 Å². The van der Waals surface area contributed by atoms with Crippen LogP contribution >= 0.6 is 39.9 Å². The maximum absolute atomic E-state index is 12.3. The normalized spacial score (nSPS) is 10.6. The smallest absolute Gasteiger partial charge is 0.293 e. The Morgan fingerprint density at radius 1 is 1.23 bits per heavy atom. The molecule has 26 heavy (non-hydrogen) atoms. The summed E-state index contributed by atoms with van der Waals surface area (Å²) in [4.78, 5) is 12.3. The maximum atomic E-state index is 12.3. The fourth-order valence-corrected chi connectivity index (χ4v) is 3.06. The number of furan rings is 1. The van der Waals surface area contributed by atoms with Gasteiger partial charge in [0.15, 0.2) is 10.9 Å². The Morgan fingerprint density at radius 2 is 1.96 bits per heavy atom. The molecule has 0 fully saturated rings. The summed E-state index contributed by atoms with van der Waals surface area (Å²) >= 11 is 9.98. The lowest BCUT2D eigenvalue weighted by molar-refractivity contribution is 0.0951. The molecule has 0 aliphatic heterocycles. The van der Waals surface area contributed by atoms with Gasteiger partial charge in [-0.05, 0) is 49.7 Å².